The van der Waals surface area contributed by atoms with Crippen LogP contribution in [0.3, 0.4) is 0 Å². The van der Waals surface area contributed by atoms with E-state index < -0.39 is 33.1 Å². The third-order valence-corrected chi connectivity index (χ3v) is 4.53. The van der Waals surface area contributed by atoms with Crippen LogP contribution in [0.4, 0.5) is 13.2 Å². The highest BCUT2D eigenvalue weighted by Crippen LogP contribution is 2.29. The largest absolute Gasteiger partial charge is 0.416 e. The highest BCUT2D eigenvalue weighted by molar-refractivity contribution is 7.90. The fourth-order valence-electron chi connectivity index (χ4n) is 1.37. The van der Waals surface area contributed by atoms with Crippen molar-refractivity contribution in [3.8, 4) is 0 Å². The van der Waals surface area contributed by atoms with Crippen molar-refractivity contribution < 1.29 is 26.7 Å². The van der Waals surface area contributed by atoms with Gasteiger partial charge >= 0.3 is 6.18 Å². The number of halogens is 3. The molecule has 0 bridgehead atoms. The standard InChI is InChI=1S/C12H16F3NO3S/c1-8(2)20(18,19)16-7-11(17)9-3-5-10(6-4-9)12(13,14)15/h3-6,8,11,16-17H,7H2,1-2H3. The van der Waals surface area contributed by atoms with Gasteiger partial charge in [-0.2, -0.15) is 13.2 Å². The van der Waals surface area contributed by atoms with Gasteiger partial charge < -0.3 is 5.11 Å². The molecule has 0 aliphatic rings. The molecule has 0 heterocycles. The SMILES string of the molecule is CC(C)S(=O)(=O)NCC(O)c1ccc(C(F)(F)F)cc1. The van der Waals surface area contributed by atoms with Gasteiger partial charge in [-0.15, -0.1) is 0 Å². The molecule has 0 radical (unpaired) electrons. The van der Waals surface area contributed by atoms with Crippen LogP contribution in [-0.2, 0) is 16.2 Å². The third kappa shape index (κ3) is 4.46. The fraction of sp³-hybridized carbons (Fsp3) is 0.500. The first-order valence-electron chi connectivity index (χ1n) is 5.87. The van der Waals surface area contributed by atoms with Gasteiger partial charge in [0.15, 0.2) is 0 Å². The van der Waals surface area contributed by atoms with Crippen molar-refractivity contribution in [2.75, 3.05) is 6.54 Å². The van der Waals surface area contributed by atoms with Crippen LogP contribution < -0.4 is 4.72 Å². The van der Waals surface area contributed by atoms with E-state index in [9.17, 15) is 26.7 Å². The number of nitrogens with one attached hydrogen (secondary N) is 1. The van der Waals surface area contributed by atoms with Crippen LogP contribution in [0.1, 0.15) is 31.1 Å². The summed E-state index contributed by atoms with van der Waals surface area (Å²) in [7, 11) is -3.52. The first-order chi connectivity index (χ1) is 9.04. The predicted molar refractivity (Wildman–Crippen MR) is 68.5 cm³/mol. The summed E-state index contributed by atoms with van der Waals surface area (Å²) in [6, 6.07) is 3.93. The molecule has 1 aromatic rings. The number of alkyl halides is 3. The number of aliphatic hydroxyl groups is 1. The maximum Gasteiger partial charge on any atom is 0.416 e. The van der Waals surface area contributed by atoms with Crippen LogP contribution in [0.2, 0.25) is 0 Å². The van der Waals surface area contributed by atoms with Gasteiger partial charge in [-0.3, -0.25) is 0 Å². The van der Waals surface area contributed by atoms with Gasteiger partial charge in [0.25, 0.3) is 0 Å². The third-order valence-electron chi connectivity index (χ3n) is 2.72. The second kappa shape index (κ2) is 6.11. The Bertz CT molecular complexity index is 538. The average molecular weight is 311 g/mol. The number of hydrogen-bond donors (Lipinski definition) is 2. The molecule has 1 atom stereocenters. The molecule has 1 aromatic carbocycles. The van der Waals surface area contributed by atoms with E-state index in [1.165, 1.54) is 13.8 Å². The Kier molecular flexibility index (Phi) is 5.17. The van der Waals surface area contributed by atoms with E-state index >= 15 is 0 Å². The van der Waals surface area contributed by atoms with E-state index in [4.69, 9.17) is 0 Å². The van der Waals surface area contributed by atoms with E-state index in [0.29, 0.717) is 0 Å². The molecule has 1 rings (SSSR count). The molecule has 0 aliphatic heterocycles. The van der Waals surface area contributed by atoms with Crippen molar-refractivity contribution in [3.05, 3.63) is 35.4 Å². The molecule has 0 amide bonds. The smallest absolute Gasteiger partial charge is 0.387 e. The van der Waals surface area contributed by atoms with Crippen molar-refractivity contribution in [2.45, 2.75) is 31.4 Å². The molecule has 0 fully saturated rings. The highest BCUT2D eigenvalue weighted by Gasteiger charge is 2.30. The molecule has 8 heteroatoms. The van der Waals surface area contributed by atoms with Crippen molar-refractivity contribution in [3.63, 3.8) is 0 Å². The molecule has 0 spiro atoms. The fourth-order valence-corrected chi connectivity index (χ4v) is 2.10. The van der Waals surface area contributed by atoms with E-state index in [1.54, 1.807) is 0 Å². The highest BCUT2D eigenvalue weighted by atomic mass is 32.2. The Morgan fingerprint density at radius 2 is 1.70 bits per heavy atom. The molecule has 0 aliphatic carbocycles. The Hall–Kier alpha value is -1.12. The summed E-state index contributed by atoms with van der Waals surface area (Å²) in [6.07, 6.45) is -5.64. The van der Waals surface area contributed by atoms with E-state index in [-0.39, 0.29) is 12.1 Å². The second-order valence-corrected chi connectivity index (χ2v) is 6.90. The lowest BCUT2D eigenvalue weighted by Crippen LogP contribution is -2.33. The first-order valence-corrected chi connectivity index (χ1v) is 7.42. The minimum absolute atomic E-state index is 0.212. The Morgan fingerprint density at radius 3 is 2.10 bits per heavy atom. The lowest BCUT2D eigenvalue weighted by Gasteiger charge is -2.15. The molecule has 0 saturated heterocycles. The number of aliphatic hydroxyl groups excluding tert-OH is 1. The van der Waals surface area contributed by atoms with Crippen LogP contribution in [-0.4, -0.2) is 25.3 Å². The lowest BCUT2D eigenvalue weighted by molar-refractivity contribution is -0.137. The van der Waals surface area contributed by atoms with Crippen molar-refractivity contribution in [1.82, 2.24) is 4.72 Å². The molecule has 20 heavy (non-hydrogen) atoms. The van der Waals surface area contributed by atoms with Gasteiger partial charge in [0.05, 0.1) is 16.9 Å². The second-order valence-electron chi connectivity index (χ2n) is 4.58. The number of benzene rings is 1. The molecular formula is C12H16F3NO3S. The van der Waals surface area contributed by atoms with Gasteiger partial charge in [-0.1, -0.05) is 12.1 Å². The van der Waals surface area contributed by atoms with Crippen molar-refractivity contribution in [2.24, 2.45) is 0 Å². The maximum absolute atomic E-state index is 12.4. The molecule has 1 unspecified atom stereocenters. The number of sulfonamides is 1. The molecule has 4 nitrogen and oxygen atoms in total. The lowest BCUT2D eigenvalue weighted by atomic mass is 10.1. The summed E-state index contributed by atoms with van der Waals surface area (Å²) in [5.74, 6) is 0. The van der Waals surface area contributed by atoms with Crippen LogP contribution >= 0.6 is 0 Å². The average Bonchev–Trinajstić information content (AvgIpc) is 2.35. The topological polar surface area (TPSA) is 66.4 Å². The molecular weight excluding hydrogens is 295 g/mol. The van der Waals surface area contributed by atoms with Crippen LogP contribution in [0.25, 0.3) is 0 Å². The molecule has 0 aromatic heterocycles. The molecule has 114 valence electrons. The Labute approximate surface area is 115 Å². The summed E-state index contributed by atoms with van der Waals surface area (Å²) < 4.78 is 62.2. The predicted octanol–water partition coefficient (Wildman–Crippen LogP) is 2.07. The van der Waals surface area contributed by atoms with Gasteiger partial charge in [-0.05, 0) is 31.5 Å². The minimum Gasteiger partial charge on any atom is -0.387 e. The normalized spacial score (nSPS) is 14.6. The number of rotatable bonds is 5. The zero-order valence-corrected chi connectivity index (χ0v) is 11.8. The van der Waals surface area contributed by atoms with E-state index in [0.717, 1.165) is 24.3 Å². The summed E-state index contributed by atoms with van der Waals surface area (Å²) in [5.41, 5.74) is -0.610. The van der Waals surface area contributed by atoms with E-state index in [1.807, 2.05) is 0 Å². The molecule has 2 N–H and O–H groups in total. The van der Waals surface area contributed by atoms with Crippen LogP contribution in [0.15, 0.2) is 24.3 Å². The zero-order valence-electron chi connectivity index (χ0n) is 11.0. The van der Waals surface area contributed by atoms with Gasteiger partial charge in [-0.25, -0.2) is 13.1 Å². The van der Waals surface area contributed by atoms with Gasteiger partial charge in [0.1, 0.15) is 0 Å². The van der Waals surface area contributed by atoms with E-state index in [2.05, 4.69) is 4.72 Å². The Balaban J connectivity index is 2.72. The zero-order chi connectivity index (χ0) is 15.6. The van der Waals surface area contributed by atoms with Crippen molar-refractivity contribution in [1.29, 1.82) is 0 Å². The summed E-state index contributed by atoms with van der Waals surface area (Å²) >= 11 is 0. The number of hydrogen-bond acceptors (Lipinski definition) is 3. The minimum atomic E-state index is -4.44. The summed E-state index contributed by atoms with van der Waals surface area (Å²) in [6.45, 7) is 2.67. The maximum atomic E-state index is 12.4. The van der Waals surface area contributed by atoms with Crippen LogP contribution in [0, 0.1) is 0 Å². The summed E-state index contributed by atoms with van der Waals surface area (Å²) in [5, 5.41) is 9.10. The molecule has 0 saturated carbocycles. The monoisotopic (exact) mass is 311 g/mol. The first kappa shape index (κ1) is 16.9. The summed E-state index contributed by atoms with van der Waals surface area (Å²) in [4.78, 5) is 0. The quantitative estimate of drug-likeness (QED) is 0.875. The Morgan fingerprint density at radius 1 is 1.20 bits per heavy atom. The van der Waals surface area contributed by atoms with Crippen LogP contribution in [0.5, 0.6) is 0 Å². The van der Waals surface area contributed by atoms with Gasteiger partial charge in [0.2, 0.25) is 10.0 Å². The van der Waals surface area contributed by atoms with Crippen molar-refractivity contribution >= 4 is 10.0 Å². The van der Waals surface area contributed by atoms with Gasteiger partial charge in [0, 0.05) is 6.54 Å².